The van der Waals surface area contributed by atoms with Gasteiger partial charge in [0, 0.05) is 16.0 Å². The number of hydrogen-bond donors (Lipinski definition) is 1. The molecular formula is C10H12BrNO2S. The van der Waals surface area contributed by atoms with E-state index in [4.69, 9.17) is 4.74 Å². The zero-order valence-corrected chi connectivity index (χ0v) is 10.6. The van der Waals surface area contributed by atoms with Gasteiger partial charge in [-0.25, -0.2) is 0 Å². The van der Waals surface area contributed by atoms with Gasteiger partial charge in [-0.1, -0.05) is 0 Å². The number of carbonyl (C=O) groups excluding carboxylic acids is 1. The Morgan fingerprint density at radius 2 is 2.60 bits per heavy atom. The molecule has 0 aromatic carbocycles. The SMILES string of the molecule is O=C(NCc1sccc1Br)[C@H]1CCCO1. The van der Waals surface area contributed by atoms with Crippen LogP contribution in [0, 0.1) is 0 Å². The molecule has 0 aliphatic carbocycles. The largest absolute Gasteiger partial charge is 0.368 e. The Bertz CT molecular complexity index is 347. The molecule has 0 unspecified atom stereocenters. The Balaban J connectivity index is 1.83. The van der Waals surface area contributed by atoms with Gasteiger partial charge in [0.05, 0.1) is 6.54 Å². The Hall–Kier alpha value is -0.390. The molecule has 5 heteroatoms. The van der Waals surface area contributed by atoms with Gasteiger partial charge < -0.3 is 10.1 Å². The lowest BCUT2D eigenvalue weighted by molar-refractivity contribution is -0.130. The summed E-state index contributed by atoms with van der Waals surface area (Å²) >= 11 is 5.06. The first kappa shape index (κ1) is 11.1. The Morgan fingerprint density at radius 3 is 3.20 bits per heavy atom. The molecule has 2 heterocycles. The van der Waals surface area contributed by atoms with Gasteiger partial charge in [0.25, 0.3) is 0 Å². The molecule has 1 saturated heterocycles. The second-order valence-corrected chi connectivity index (χ2v) is 5.27. The van der Waals surface area contributed by atoms with E-state index in [-0.39, 0.29) is 12.0 Å². The summed E-state index contributed by atoms with van der Waals surface area (Å²) in [5.41, 5.74) is 0. The van der Waals surface area contributed by atoms with Crippen molar-refractivity contribution in [2.75, 3.05) is 6.61 Å². The highest BCUT2D eigenvalue weighted by Gasteiger charge is 2.23. The molecular weight excluding hydrogens is 278 g/mol. The fourth-order valence-corrected chi connectivity index (χ4v) is 2.95. The number of halogens is 1. The molecule has 1 aliphatic heterocycles. The molecule has 1 amide bonds. The molecule has 15 heavy (non-hydrogen) atoms. The lowest BCUT2D eigenvalue weighted by Crippen LogP contribution is -2.33. The number of hydrogen-bond acceptors (Lipinski definition) is 3. The lowest BCUT2D eigenvalue weighted by atomic mass is 10.2. The molecule has 1 aromatic heterocycles. The Morgan fingerprint density at radius 1 is 1.73 bits per heavy atom. The van der Waals surface area contributed by atoms with Crippen LogP contribution in [-0.2, 0) is 16.1 Å². The van der Waals surface area contributed by atoms with Crippen LogP contribution in [0.15, 0.2) is 15.9 Å². The van der Waals surface area contributed by atoms with Gasteiger partial charge in [0.1, 0.15) is 6.10 Å². The highest BCUT2D eigenvalue weighted by Crippen LogP contribution is 2.22. The minimum Gasteiger partial charge on any atom is -0.368 e. The van der Waals surface area contributed by atoms with Gasteiger partial charge >= 0.3 is 0 Å². The zero-order valence-electron chi connectivity index (χ0n) is 8.16. The molecule has 0 radical (unpaired) electrons. The molecule has 2 rings (SSSR count). The van der Waals surface area contributed by atoms with Crippen molar-refractivity contribution < 1.29 is 9.53 Å². The molecule has 0 saturated carbocycles. The van der Waals surface area contributed by atoms with Crippen molar-refractivity contribution in [3.05, 3.63) is 20.8 Å². The number of ether oxygens (including phenoxy) is 1. The summed E-state index contributed by atoms with van der Waals surface area (Å²) in [5.74, 6) is 0.00722. The van der Waals surface area contributed by atoms with Gasteiger partial charge in [-0.05, 0) is 40.2 Å². The van der Waals surface area contributed by atoms with Crippen LogP contribution in [0.5, 0.6) is 0 Å². The molecule has 82 valence electrons. The second kappa shape index (κ2) is 5.09. The van der Waals surface area contributed by atoms with Crippen molar-refractivity contribution in [3.63, 3.8) is 0 Å². The van der Waals surface area contributed by atoms with E-state index in [2.05, 4.69) is 21.2 Å². The third-order valence-corrected chi connectivity index (χ3v) is 4.26. The molecule has 1 aliphatic rings. The van der Waals surface area contributed by atoms with E-state index in [1.165, 1.54) is 0 Å². The van der Waals surface area contributed by atoms with Gasteiger partial charge in [-0.3, -0.25) is 4.79 Å². The summed E-state index contributed by atoms with van der Waals surface area (Å²) in [6, 6.07) is 1.98. The molecule has 1 N–H and O–H groups in total. The average molecular weight is 290 g/mol. The first-order valence-corrected chi connectivity index (χ1v) is 6.56. The third kappa shape index (κ3) is 2.80. The van der Waals surface area contributed by atoms with Crippen LogP contribution in [0.2, 0.25) is 0 Å². The van der Waals surface area contributed by atoms with E-state index in [9.17, 15) is 4.79 Å². The Labute approximate surface area is 101 Å². The highest BCUT2D eigenvalue weighted by molar-refractivity contribution is 9.10. The van der Waals surface area contributed by atoms with E-state index in [0.717, 1.165) is 22.2 Å². The monoisotopic (exact) mass is 289 g/mol. The van der Waals surface area contributed by atoms with Gasteiger partial charge in [-0.2, -0.15) is 0 Å². The summed E-state index contributed by atoms with van der Waals surface area (Å²) in [6.45, 7) is 1.29. The normalized spacial score (nSPS) is 20.5. The summed E-state index contributed by atoms with van der Waals surface area (Å²) in [4.78, 5) is 12.7. The molecule has 1 atom stereocenters. The summed E-state index contributed by atoms with van der Waals surface area (Å²) < 4.78 is 6.35. The highest BCUT2D eigenvalue weighted by atomic mass is 79.9. The predicted molar refractivity (Wildman–Crippen MR) is 62.8 cm³/mol. The minimum atomic E-state index is -0.233. The molecule has 0 bridgehead atoms. The number of rotatable bonds is 3. The lowest BCUT2D eigenvalue weighted by Gasteiger charge is -2.09. The standard InChI is InChI=1S/C10H12BrNO2S/c11-7-3-5-15-9(7)6-12-10(13)8-2-1-4-14-8/h3,5,8H,1-2,4,6H2,(H,12,13)/t8-/m1/s1. The maximum atomic E-state index is 11.6. The van der Waals surface area contributed by atoms with E-state index in [0.29, 0.717) is 13.2 Å². The smallest absolute Gasteiger partial charge is 0.249 e. The second-order valence-electron chi connectivity index (χ2n) is 3.41. The number of carbonyl (C=O) groups is 1. The van der Waals surface area contributed by atoms with Crippen LogP contribution in [0.3, 0.4) is 0 Å². The van der Waals surface area contributed by atoms with Crippen molar-refractivity contribution in [1.82, 2.24) is 5.32 Å². The Kier molecular flexibility index (Phi) is 3.77. The number of thiophene rings is 1. The summed E-state index contributed by atoms with van der Waals surface area (Å²) in [5, 5.41) is 4.88. The predicted octanol–water partition coefficient (Wildman–Crippen LogP) is 2.31. The van der Waals surface area contributed by atoms with Gasteiger partial charge in [0.15, 0.2) is 0 Å². The van der Waals surface area contributed by atoms with Crippen LogP contribution in [0.25, 0.3) is 0 Å². The number of amides is 1. The van der Waals surface area contributed by atoms with Gasteiger partial charge in [0.2, 0.25) is 5.91 Å². The fraction of sp³-hybridized carbons (Fsp3) is 0.500. The van der Waals surface area contributed by atoms with Crippen LogP contribution >= 0.6 is 27.3 Å². The molecule has 3 nitrogen and oxygen atoms in total. The third-order valence-electron chi connectivity index (χ3n) is 2.34. The van der Waals surface area contributed by atoms with Crippen molar-refractivity contribution in [3.8, 4) is 0 Å². The van der Waals surface area contributed by atoms with Crippen LogP contribution in [0.4, 0.5) is 0 Å². The zero-order chi connectivity index (χ0) is 10.7. The molecule has 1 aromatic rings. The van der Waals surface area contributed by atoms with Crippen molar-refractivity contribution in [1.29, 1.82) is 0 Å². The first-order valence-electron chi connectivity index (χ1n) is 4.88. The van der Waals surface area contributed by atoms with Crippen molar-refractivity contribution in [2.45, 2.75) is 25.5 Å². The first-order chi connectivity index (χ1) is 7.27. The van der Waals surface area contributed by atoms with E-state index >= 15 is 0 Å². The number of nitrogens with one attached hydrogen (secondary N) is 1. The average Bonchev–Trinajstić information content (AvgIpc) is 2.85. The van der Waals surface area contributed by atoms with E-state index in [1.807, 2.05) is 11.4 Å². The minimum absolute atomic E-state index is 0.00722. The topological polar surface area (TPSA) is 38.3 Å². The van der Waals surface area contributed by atoms with Crippen molar-refractivity contribution in [2.24, 2.45) is 0 Å². The van der Waals surface area contributed by atoms with E-state index < -0.39 is 0 Å². The van der Waals surface area contributed by atoms with Crippen LogP contribution in [-0.4, -0.2) is 18.6 Å². The molecule has 1 fully saturated rings. The van der Waals surface area contributed by atoms with Gasteiger partial charge in [-0.15, -0.1) is 11.3 Å². The fourth-order valence-electron chi connectivity index (χ4n) is 1.52. The van der Waals surface area contributed by atoms with Crippen LogP contribution < -0.4 is 5.32 Å². The van der Waals surface area contributed by atoms with Crippen molar-refractivity contribution >= 4 is 33.2 Å². The quantitative estimate of drug-likeness (QED) is 0.927. The maximum absolute atomic E-state index is 11.6. The van der Waals surface area contributed by atoms with Crippen LogP contribution in [0.1, 0.15) is 17.7 Å². The summed E-state index contributed by atoms with van der Waals surface area (Å²) in [6.07, 6.45) is 1.60. The summed E-state index contributed by atoms with van der Waals surface area (Å²) in [7, 11) is 0. The maximum Gasteiger partial charge on any atom is 0.249 e. The molecule has 0 spiro atoms. The van der Waals surface area contributed by atoms with E-state index in [1.54, 1.807) is 11.3 Å².